The molecule has 0 aliphatic carbocycles. The quantitative estimate of drug-likeness (QED) is 0.0438. The predicted octanol–water partition coefficient (Wildman–Crippen LogP) is 29.6. The van der Waals surface area contributed by atoms with Crippen molar-refractivity contribution in [1.82, 2.24) is 44.3 Å². The fourth-order valence-corrected chi connectivity index (χ4v) is 18.3. The largest absolute Gasteiger partial charge is 0 e. The number of halogens is 1. The van der Waals surface area contributed by atoms with Crippen molar-refractivity contribution in [3.63, 3.8) is 0 Å². The van der Waals surface area contributed by atoms with Crippen molar-refractivity contribution in [2.75, 3.05) is 0 Å². The van der Waals surface area contributed by atoms with Gasteiger partial charge in [-0.05, 0) is 282 Å². The number of rotatable bonds is 18. The van der Waals surface area contributed by atoms with Crippen molar-refractivity contribution in [2.24, 2.45) is 4.30 Å². The molecule has 0 unspecified atom stereocenters. The molecule has 0 aliphatic heterocycles. The number of nitrogens with zero attached hydrogens (tertiary/aromatic N) is 10. The monoisotopic (exact) mass is 2410 g/mol. The minimum absolute atomic E-state index is 0. The van der Waals surface area contributed by atoms with Crippen molar-refractivity contribution in [3.8, 4) is 130 Å². The van der Waals surface area contributed by atoms with Crippen LogP contribution in [0, 0.1) is 115 Å². The third-order valence-electron chi connectivity index (χ3n) is 23.5. The summed E-state index contributed by atoms with van der Waals surface area (Å²) >= 11 is 6.84. The molecule has 0 aliphatic rings. The van der Waals surface area contributed by atoms with Crippen LogP contribution >= 0.6 is 28.7 Å². The molecule has 19 heteroatoms. The first-order valence-corrected chi connectivity index (χ1v) is 46.4. The molecule has 2 N–H and O–H groups in total. The first kappa shape index (κ1) is 109. The molecule has 0 saturated carbocycles. The van der Waals surface area contributed by atoms with Crippen molar-refractivity contribution in [3.05, 3.63) is 390 Å². The zero-order valence-corrected chi connectivity index (χ0v) is 90.7. The maximum atomic E-state index is 9.03. The van der Waals surface area contributed by atoms with Gasteiger partial charge in [-0.25, -0.2) is 0 Å². The van der Waals surface area contributed by atoms with E-state index in [9.17, 15) is 0 Å². The molecule has 14 aromatic carbocycles. The van der Waals surface area contributed by atoms with Gasteiger partial charge in [0.25, 0.3) is 0 Å². The molecule has 3 aromatic heterocycles. The number of hydrogen-bond donors (Lipinski definition) is 3. The van der Waals surface area contributed by atoms with E-state index in [-0.39, 0.29) is 67.7 Å². The topological polar surface area (TPSA) is 145 Å². The fraction of sp³-hybridized carbons (Fsp3) is 0.231. The van der Waals surface area contributed by atoms with Gasteiger partial charge < -0.3 is 10.0 Å². The number of aromatic nitrogens is 9. The molecule has 700 valence electrons. The Morgan fingerprint density at radius 1 is 0.316 bits per heavy atom. The van der Waals surface area contributed by atoms with Crippen LogP contribution in [0.15, 0.2) is 276 Å². The van der Waals surface area contributed by atoms with Crippen molar-refractivity contribution >= 4 is 49.0 Å². The third kappa shape index (κ3) is 26.1. The summed E-state index contributed by atoms with van der Waals surface area (Å²) in [4.78, 5) is 15.4. The molecule has 0 fully saturated rings. The van der Waals surface area contributed by atoms with Crippen LogP contribution in [0.5, 0.6) is 0 Å². The first-order valence-electron chi connectivity index (χ1n) is 45.2. The van der Waals surface area contributed by atoms with Crippen LogP contribution in [0.1, 0.15) is 187 Å². The molecule has 0 spiro atoms. The molecule has 3 heterocycles. The minimum atomic E-state index is -1.36. The van der Waals surface area contributed by atoms with Crippen LogP contribution in [0.3, 0.4) is 0 Å². The van der Waals surface area contributed by atoms with Crippen LogP contribution in [-0.4, -0.2) is 69.1 Å². The second-order valence-electron chi connectivity index (χ2n) is 36.1. The summed E-state index contributed by atoms with van der Waals surface area (Å²) in [6.45, 7) is 47.4. The van der Waals surface area contributed by atoms with Crippen LogP contribution in [0.2, 0.25) is 0 Å². The summed E-state index contributed by atoms with van der Waals surface area (Å²) in [7, 11) is 2.98. The van der Waals surface area contributed by atoms with E-state index in [1.54, 1.807) is 0 Å². The number of thiol groups is 1. The van der Waals surface area contributed by atoms with Gasteiger partial charge in [-0.1, -0.05) is 272 Å². The average molecular weight is 2410 g/mol. The summed E-state index contributed by atoms with van der Waals surface area (Å²) in [6, 6.07) is 104. The Morgan fingerprint density at radius 2 is 0.610 bits per heavy atom. The molecule has 4 radical (unpaired) electrons. The minimum Gasteiger partial charge on any atom is 0 e. The Labute approximate surface area is 863 Å². The Kier molecular flexibility index (Phi) is 39.1. The molecule has 0 saturated heterocycles. The van der Waals surface area contributed by atoms with Crippen molar-refractivity contribution < 1.29 is 70.4 Å². The summed E-state index contributed by atoms with van der Waals surface area (Å²) < 4.78 is 9.83. The summed E-state index contributed by atoms with van der Waals surface area (Å²) in [5, 5.41) is 33.6. The first-order chi connectivity index (χ1) is 63.1. The van der Waals surface area contributed by atoms with E-state index < -0.39 is 7.12 Å². The molecule has 0 amide bonds. The van der Waals surface area contributed by atoms with Gasteiger partial charge in [0.05, 0.1) is 34.5 Å². The summed E-state index contributed by atoms with van der Waals surface area (Å²) in [5.41, 5.74) is 40.8. The molecule has 136 heavy (non-hydrogen) atoms. The Balaban J connectivity index is 0.000000209. The maximum Gasteiger partial charge on any atom is 0 e. The second kappa shape index (κ2) is 48.9. The van der Waals surface area contributed by atoms with Gasteiger partial charge in [0.15, 0.2) is 17.5 Å². The molecular formula is C117H121B2BrIr3N10O2S-3. The van der Waals surface area contributed by atoms with E-state index in [2.05, 4.69) is 418 Å². The number of benzene rings is 14. The predicted molar refractivity (Wildman–Crippen MR) is 565 cm³/mol. The summed E-state index contributed by atoms with van der Waals surface area (Å²) in [6.07, 6.45) is 0. The van der Waals surface area contributed by atoms with Crippen LogP contribution in [0.4, 0.5) is 0 Å². The number of hydrogen-bond acceptors (Lipinski definition) is 10. The standard InChI is InChI=1S/C39H36N3.C34H33BrN3.C34H34N3.C9H13BO2.CH4.BHNS.3Ir/c1-24-16-25(2)20-35(19-24)38-40-39(33-15-11-14-32(23-33)36-27(4)17-26(3)18-28(36)5)42(41-38)37-29(6)21-34(22-30(37)7)31-12-9-8-10-13-31;1-21(2)30-19-27(25-11-8-7-9-12-25)20-31(22(3)4)32(30)38-34(26-13-10-14-29(35)18-26)36-33(37-38)28-16-23(5)15-24(6)17-28;1-22(2)30-20-28(26-13-9-7-10-14-26)21-31(23(3)4)32(30)37-34(27-15-11-8-12-16-27)35-33(36-37)29-18-24(5)17-25(6)19-29;1-6-4-7(2)9(10(11)12)8(3)5-6;;1-2-3;;;/h8-14,16-23H,1-7H3;7-12,14-22H,1-6H3;7-15,17-23H,1-6H3;4-5,11-12H,1-3H3;1H4;3H;;;/q3*-1;;;;;;. The van der Waals surface area contributed by atoms with Crippen LogP contribution in [0.25, 0.3) is 130 Å². The third-order valence-corrected chi connectivity index (χ3v) is 24.0. The van der Waals surface area contributed by atoms with Crippen molar-refractivity contribution in [1.29, 1.82) is 0 Å². The molecule has 0 atom stereocenters. The van der Waals surface area contributed by atoms with Gasteiger partial charge in [0.1, 0.15) is 0 Å². The molecule has 12 nitrogen and oxygen atoms in total. The maximum absolute atomic E-state index is 9.03. The van der Waals surface area contributed by atoms with Crippen LogP contribution < -0.4 is 5.46 Å². The zero-order valence-electron chi connectivity index (χ0n) is 81.1. The summed E-state index contributed by atoms with van der Waals surface area (Å²) in [5.74, 6) is 5.74. The van der Waals surface area contributed by atoms with E-state index in [0.717, 1.165) is 117 Å². The van der Waals surface area contributed by atoms with Gasteiger partial charge in [0.2, 0.25) is 0 Å². The van der Waals surface area contributed by atoms with Gasteiger partial charge in [-0.3, -0.25) is 29.0 Å². The fourth-order valence-electron chi connectivity index (χ4n) is 18.0. The number of aryl methyl sites for hydroxylation is 14. The van der Waals surface area contributed by atoms with Gasteiger partial charge in [-0.15, -0.1) is 101 Å². The Hall–Kier alpha value is -10.9. The van der Waals surface area contributed by atoms with Gasteiger partial charge >= 0.3 is 31.9 Å². The average Bonchev–Trinajstić information content (AvgIpc) is 1.62. The van der Waals surface area contributed by atoms with Crippen LogP contribution in [-0.2, 0) is 60.3 Å². The second-order valence-corrected chi connectivity index (χ2v) is 37.2. The van der Waals surface area contributed by atoms with E-state index in [4.69, 9.17) is 40.3 Å². The van der Waals surface area contributed by atoms with Gasteiger partial charge in [0, 0.05) is 77.0 Å². The SMILES string of the molecule is C.Cc1cc(C)c(B(O)O)c(C)c1.Cc1cc(C)cc(-c2nc(-c3[c-]ccc(-c4c(C)cc(C)cc4C)c3)n(-c3c(C)cc(-c4ccccc4)cc3C)n2)c1.Cc1cc(C)cc(-c2nc(-c3[c-]ccc(Br)c3)n(-c3c(C(C)C)cc(-c4ccccc4)cc3C(C)C)n2)c1.Cc1cc(C)cc(-c2nc(-c3[c-]cccc3)n(-c3c(C(C)C)cc(-c4ccccc4)cc3C(C)C)n2)c1.[B]=NS.[Ir].[Ir].[Ir]. The molecular weight excluding hydrogens is 2290 g/mol. The smallest absolute Gasteiger partial charge is 0 e. The molecule has 17 rings (SSSR count). The van der Waals surface area contributed by atoms with Gasteiger partial charge in [-0.2, -0.15) is 15.3 Å². The molecule has 0 bridgehead atoms. The Morgan fingerprint density at radius 3 is 0.934 bits per heavy atom. The zero-order chi connectivity index (χ0) is 94.6. The normalized spacial score (nSPS) is 10.8. The van der Waals surface area contributed by atoms with E-state index in [1.807, 2.05) is 74.0 Å². The van der Waals surface area contributed by atoms with Crippen molar-refractivity contribution in [2.45, 2.75) is 183 Å². The van der Waals surface area contributed by atoms with E-state index >= 15 is 0 Å². The molecule has 17 aromatic rings. The Bertz CT molecular complexity index is 6810. The van der Waals surface area contributed by atoms with E-state index in [0.29, 0.717) is 35.0 Å². The van der Waals surface area contributed by atoms with E-state index in [1.165, 1.54) is 111 Å².